The Hall–Kier alpha value is -2.55. The van der Waals surface area contributed by atoms with Crippen molar-refractivity contribution >= 4 is 10.9 Å². The van der Waals surface area contributed by atoms with Crippen LogP contribution in [0.1, 0.15) is 5.56 Å². The summed E-state index contributed by atoms with van der Waals surface area (Å²) in [7, 11) is 1.66. The molecule has 20 heavy (non-hydrogen) atoms. The number of H-pyrrole nitrogens is 1. The van der Waals surface area contributed by atoms with Gasteiger partial charge in [-0.15, -0.1) is 0 Å². The molecule has 2 aromatic carbocycles. The third-order valence-electron chi connectivity index (χ3n) is 3.47. The number of hydrogen-bond donors (Lipinski definition) is 1. The number of pyridine rings is 1. The number of fused-ring (bicyclic) bond motifs is 1. The number of aromatic amines is 1. The van der Waals surface area contributed by atoms with Crippen molar-refractivity contribution in [2.75, 3.05) is 7.11 Å². The lowest BCUT2D eigenvalue weighted by Gasteiger charge is -2.09. The van der Waals surface area contributed by atoms with E-state index in [4.69, 9.17) is 4.74 Å². The van der Waals surface area contributed by atoms with Crippen LogP contribution < -0.4 is 10.3 Å². The molecule has 0 aliphatic rings. The summed E-state index contributed by atoms with van der Waals surface area (Å²) < 4.78 is 5.39. The first-order valence-corrected chi connectivity index (χ1v) is 6.46. The number of hydrogen-bond acceptors (Lipinski definition) is 2. The average Bonchev–Trinajstić information content (AvgIpc) is 2.46. The first-order chi connectivity index (χ1) is 9.69. The third-order valence-corrected chi connectivity index (χ3v) is 3.47. The van der Waals surface area contributed by atoms with Crippen molar-refractivity contribution in [2.24, 2.45) is 0 Å². The number of benzene rings is 2. The smallest absolute Gasteiger partial charge is 0.248 e. The van der Waals surface area contributed by atoms with Gasteiger partial charge < -0.3 is 9.72 Å². The van der Waals surface area contributed by atoms with Crippen LogP contribution in [0.15, 0.2) is 53.3 Å². The molecule has 3 aromatic rings. The Morgan fingerprint density at radius 1 is 1.05 bits per heavy atom. The zero-order valence-electron chi connectivity index (χ0n) is 11.4. The monoisotopic (exact) mass is 265 g/mol. The molecular formula is C17H15NO2. The van der Waals surface area contributed by atoms with Crippen molar-refractivity contribution in [2.45, 2.75) is 6.92 Å². The Balaban J connectivity index is 2.25. The SMILES string of the molecule is COc1ccccc1-c1ccc2c(C)cc(=O)[nH]c2c1. The minimum Gasteiger partial charge on any atom is -0.496 e. The summed E-state index contributed by atoms with van der Waals surface area (Å²) >= 11 is 0. The number of aromatic nitrogens is 1. The predicted molar refractivity (Wildman–Crippen MR) is 81.3 cm³/mol. The molecule has 0 unspecified atom stereocenters. The zero-order valence-corrected chi connectivity index (χ0v) is 11.4. The third kappa shape index (κ3) is 2.07. The van der Waals surface area contributed by atoms with E-state index >= 15 is 0 Å². The highest BCUT2D eigenvalue weighted by Gasteiger charge is 2.07. The van der Waals surface area contributed by atoms with Gasteiger partial charge in [-0.05, 0) is 30.2 Å². The molecule has 0 radical (unpaired) electrons. The predicted octanol–water partition coefficient (Wildman–Crippen LogP) is 3.51. The molecule has 3 rings (SSSR count). The van der Waals surface area contributed by atoms with Gasteiger partial charge in [-0.3, -0.25) is 4.79 Å². The van der Waals surface area contributed by atoms with Gasteiger partial charge in [0, 0.05) is 22.5 Å². The summed E-state index contributed by atoms with van der Waals surface area (Å²) in [5.41, 5.74) is 3.79. The van der Waals surface area contributed by atoms with Gasteiger partial charge in [-0.25, -0.2) is 0 Å². The lowest BCUT2D eigenvalue weighted by molar-refractivity contribution is 0.416. The summed E-state index contributed by atoms with van der Waals surface area (Å²) in [6, 6.07) is 15.5. The van der Waals surface area contributed by atoms with Gasteiger partial charge in [0.1, 0.15) is 5.75 Å². The summed E-state index contributed by atoms with van der Waals surface area (Å²) in [4.78, 5) is 14.5. The van der Waals surface area contributed by atoms with Crippen LogP contribution in [0.4, 0.5) is 0 Å². The van der Waals surface area contributed by atoms with Crippen LogP contribution >= 0.6 is 0 Å². The number of methoxy groups -OCH3 is 1. The molecule has 1 N–H and O–H groups in total. The zero-order chi connectivity index (χ0) is 14.1. The molecule has 1 aromatic heterocycles. The highest BCUT2D eigenvalue weighted by Crippen LogP contribution is 2.31. The standard InChI is InChI=1S/C17H15NO2/c1-11-9-17(19)18-15-10-12(7-8-13(11)15)14-5-3-4-6-16(14)20-2/h3-10H,1-2H3,(H,18,19). The minimum atomic E-state index is -0.0767. The second-order valence-corrected chi connectivity index (χ2v) is 4.78. The summed E-state index contributed by atoms with van der Waals surface area (Å²) in [5.74, 6) is 0.821. The Kier molecular flexibility index (Phi) is 3.03. The molecule has 0 fully saturated rings. The molecule has 0 aliphatic heterocycles. The molecule has 100 valence electrons. The first-order valence-electron chi connectivity index (χ1n) is 6.46. The van der Waals surface area contributed by atoms with Crippen molar-refractivity contribution < 1.29 is 4.74 Å². The molecule has 1 heterocycles. The van der Waals surface area contributed by atoms with E-state index in [1.807, 2.05) is 49.4 Å². The first kappa shape index (κ1) is 12.5. The van der Waals surface area contributed by atoms with Crippen LogP contribution in [0.25, 0.3) is 22.0 Å². The molecule has 3 heteroatoms. The van der Waals surface area contributed by atoms with Crippen LogP contribution in [0.5, 0.6) is 5.75 Å². The van der Waals surface area contributed by atoms with E-state index in [-0.39, 0.29) is 5.56 Å². The number of ether oxygens (including phenoxy) is 1. The van der Waals surface area contributed by atoms with Crippen molar-refractivity contribution in [1.29, 1.82) is 0 Å². The second kappa shape index (κ2) is 4.85. The van der Waals surface area contributed by atoms with E-state index < -0.39 is 0 Å². The van der Waals surface area contributed by atoms with Crippen LogP contribution in [-0.4, -0.2) is 12.1 Å². The van der Waals surface area contributed by atoms with E-state index in [0.29, 0.717) is 0 Å². The highest BCUT2D eigenvalue weighted by atomic mass is 16.5. The van der Waals surface area contributed by atoms with Gasteiger partial charge in [-0.1, -0.05) is 30.3 Å². The lowest BCUT2D eigenvalue weighted by atomic mass is 10.0. The fraction of sp³-hybridized carbons (Fsp3) is 0.118. The van der Waals surface area contributed by atoms with E-state index in [2.05, 4.69) is 4.98 Å². The summed E-state index contributed by atoms with van der Waals surface area (Å²) in [6.45, 7) is 1.94. The molecule has 3 nitrogen and oxygen atoms in total. The van der Waals surface area contributed by atoms with Crippen molar-refractivity contribution in [3.63, 3.8) is 0 Å². The van der Waals surface area contributed by atoms with Gasteiger partial charge in [0.2, 0.25) is 5.56 Å². The fourth-order valence-corrected chi connectivity index (χ4v) is 2.49. The number of aryl methyl sites for hydroxylation is 1. The number of nitrogens with one attached hydrogen (secondary N) is 1. The quantitative estimate of drug-likeness (QED) is 0.770. The van der Waals surface area contributed by atoms with Crippen molar-refractivity contribution in [1.82, 2.24) is 4.98 Å². The van der Waals surface area contributed by atoms with Crippen LogP contribution in [-0.2, 0) is 0 Å². The highest BCUT2D eigenvalue weighted by molar-refractivity contribution is 5.87. The van der Waals surface area contributed by atoms with Crippen LogP contribution in [0.3, 0.4) is 0 Å². The molecular weight excluding hydrogens is 250 g/mol. The molecule has 0 bridgehead atoms. The van der Waals surface area contributed by atoms with E-state index in [1.54, 1.807) is 13.2 Å². The van der Waals surface area contributed by atoms with Gasteiger partial charge in [0.15, 0.2) is 0 Å². The van der Waals surface area contributed by atoms with Gasteiger partial charge >= 0.3 is 0 Å². The number of rotatable bonds is 2. The summed E-state index contributed by atoms with van der Waals surface area (Å²) in [6.07, 6.45) is 0. The normalized spacial score (nSPS) is 10.7. The van der Waals surface area contributed by atoms with Crippen LogP contribution in [0.2, 0.25) is 0 Å². The van der Waals surface area contributed by atoms with Crippen molar-refractivity contribution in [3.8, 4) is 16.9 Å². The maximum atomic E-state index is 11.6. The number of para-hydroxylation sites is 1. The van der Waals surface area contributed by atoms with E-state index in [0.717, 1.165) is 33.3 Å². The fourth-order valence-electron chi connectivity index (χ4n) is 2.49. The van der Waals surface area contributed by atoms with E-state index in [9.17, 15) is 4.79 Å². The van der Waals surface area contributed by atoms with Gasteiger partial charge in [0.25, 0.3) is 0 Å². The summed E-state index contributed by atoms with van der Waals surface area (Å²) in [5, 5.41) is 1.06. The maximum absolute atomic E-state index is 11.6. The van der Waals surface area contributed by atoms with Crippen molar-refractivity contribution in [3.05, 3.63) is 64.4 Å². The molecule has 0 saturated carbocycles. The second-order valence-electron chi connectivity index (χ2n) is 4.78. The molecule has 0 atom stereocenters. The van der Waals surface area contributed by atoms with Gasteiger partial charge in [-0.2, -0.15) is 0 Å². The Labute approximate surface area is 116 Å². The Morgan fingerprint density at radius 2 is 1.85 bits per heavy atom. The average molecular weight is 265 g/mol. The van der Waals surface area contributed by atoms with Crippen LogP contribution in [0, 0.1) is 6.92 Å². The molecule has 0 amide bonds. The lowest BCUT2D eigenvalue weighted by Crippen LogP contribution is -2.04. The molecule has 0 spiro atoms. The Morgan fingerprint density at radius 3 is 2.65 bits per heavy atom. The molecule has 0 aliphatic carbocycles. The van der Waals surface area contributed by atoms with E-state index in [1.165, 1.54) is 0 Å². The maximum Gasteiger partial charge on any atom is 0.248 e. The Bertz CT molecular complexity index is 834. The van der Waals surface area contributed by atoms with Gasteiger partial charge in [0.05, 0.1) is 7.11 Å². The minimum absolute atomic E-state index is 0.0767. The topological polar surface area (TPSA) is 42.1 Å². The largest absolute Gasteiger partial charge is 0.496 e. The molecule has 0 saturated heterocycles.